The van der Waals surface area contributed by atoms with Crippen LogP contribution >= 0.6 is 31.9 Å². The fraction of sp³-hybridized carbons (Fsp3) is 0.514. The first-order chi connectivity index (χ1) is 25.2. The summed E-state index contributed by atoms with van der Waals surface area (Å²) in [7, 11) is 1.71. The minimum absolute atomic E-state index is 0.000628. The molecule has 18 heteroatoms. The molecule has 1 unspecified atom stereocenters. The lowest BCUT2D eigenvalue weighted by atomic mass is 10.0. The van der Waals surface area contributed by atoms with Gasteiger partial charge >= 0.3 is 0 Å². The SMILES string of the molecule is CNc1cncc(C(=O)N2C[C@H](Nc3c(C(=O)N4C[C@@H](C)O[C@@H](C)C4)cc(Br)cc3[N+](=O)[O-])C[C@H]2C(=O)Nc2nn(C3C[C@@H](C)O[C@@H](C)C3)cc2Br)c1. The van der Waals surface area contributed by atoms with Gasteiger partial charge in [0.25, 0.3) is 17.5 Å². The fourth-order valence-corrected chi connectivity index (χ4v) is 8.31. The number of aromatic nitrogens is 3. The average molecular weight is 862 g/mol. The molecule has 1 aromatic carbocycles. The van der Waals surface area contributed by atoms with Crippen molar-refractivity contribution in [2.75, 3.05) is 42.6 Å². The zero-order chi connectivity index (χ0) is 38.1. The summed E-state index contributed by atoms with van der Waals surface area (Å²) in [6.07, 6.45) is 6.10. The Hall–Kier alpha value is -4.13. The molecular weight excluding hydrogens is 818 g/mol. The van der Waals surface area contributed by atoms with Crippen LogP contribution in [-0.2, 0) is 14.3 Å². The normalized spacial score (nSPS) is 25.9. The van der Waals surface area contributed by atoms with E-state index in [0.717, 1.165) is 12.8 Å². The van der Waals surface area contributed by atoms with Crippen LogP contribution in [0.5, 0.6) is 0 Å². The molecule has 3 fully saturated rings. The Labute approximate surface area is 323 Å². The summed E-state index contributed by atoms with van der Waals surface area (Å²) in [4.78, 5) is 61.4. The topological polar surface area (TPSA) is 186 Å². The van der Waals surface area contributed by atoms with Crippen molar-refractivity contribution in [1.29, 1.82) is 0 Å². The summed E-state index contributed by atoms with van der Waals surface area (Å²) in [6, 6.07) is 2.92. The third kappa shape index (κ3) is 8.66. The Kier molecular flexibility index (Phi) is 11.7. The molecule has 53 heavy (non-hydrogen) atoms. The zero-order valence-electron chi connectivity index (χ0n) is 30.0. The maximum atomic E-state index is 14.1. The monoisotopic (exact) mass is 859 g/mol. The molecule has 5 heterocycles. The van der Waals surface area contributed by atoms with E-state index in [-0.39, 0.29) is 65.9 Å². The first-order valence-corrected chi connectivity index (χ1v) is 19.1. The highest BCUT2D eigenvalue weighted by Gasteiger charge is 2.42. The van der Waals surface area contributed by atoms with Crippen molar-refractivity contribution in [2.24, 2.45) is 0 Å². The van der Waals surface area contributed by atoms with Crippen LogP contribution in [0.3, 0.4) is 0 Å². The van der Waals surface area contributed by atoms with Crippen LogP contribution in [0.1, 0.15) is 73.7 Å². The molecule has 3 amide bonds. The number of nitrogens with one attached hydrogen (secondary N) is 3. The number of hydrogen-bond acceptors (Lipinski definition) is 11. The van der Waals surface area contributed by atoms with Crippen LogP contribution in [0.2, 0.25) is 0 Å². The largest absolute Gasteiger partial charge is 0.387 e. The molecule has 0 radical (unpaired) electrons. The van der Waals surface area contributed by atoms with Crippen molar-refractivity contribution < 1.29 is 28.8 Å². The Balaban J connectivity index is 1.31. The Morgan fingerprint density at radius 2 is 1.60 bits per heavy atom. The van der Waals surface area contributed by atoms with E-state index < -0.39 is 34.7 Å². The molecule has 3 N–H and O–H groups in total. The molecule has 6 rings (SSSR count). The Morgan fingerprint density at radius 1 is 0.925 bits per heavy atom. The second-order valence-corrected chi connectivity index (χ2v) is 15.8. The number of halogens is 2. The van der Waals surface area contributed by atoms with Crippen LogP contribution in [0.4, 0.5) is 22.9 Å². The summed E-state index contributed by atoms with van der Waals surface area (Å²) >= 11 is 6.89. The molecule has 0 saturated carbocycles. The van der Waals surface area contributed by atoms with Crippen LogP contribution in [0.25, 0.3) is 0 Å². The molecule has 284 valence electrons. The number of nitrogens with zero attached hydrogens (tertiary/aromatic N) is 6. The van der Waals surface area contributed by atoms with Crippen LogP contribution in [0, 0.1) is 10.1 Å². The molecule has 7 atom stereocenters. The predicted molar refractivity (Wildman–Crippen MR) is 204 cm³/mol. The number of nitro benzene ring substituents is 1. The molecule has 0 bridgehead atoms. The fourth-order valence-electron chi connectivity index (χ4n) is 7.48. The van der Waals surface area contributed by atoms with Gasteiger partial charge in [-0.25, -0.2) is 0 Å². The Bertz CT molecular complexity index is 1870. The van der Waals surface area contributed by atoms with Gasteiger partial charge in [0, 0.05) is 61.9 Å². The number of rotatable bonds is 9. The van der Waals surface area contributed by atoms with E-state index in [2.05, 4.69) is 52.8 Å². The number of carbonyl (C=O) groups is 3. The number of carbonyl (C=O) groups excluding carboxylic acids is 3. The van der Waals surface area contributed by atoms with Gasteiger partial charge in [0.15, 0.2) is 5.82 Å². The van der Waals surface area contributed by atoms with Crippen molar-refractivity contribution >= 4 is 72.5 Å². The highest BCUT2D eigenvalue weighted by molar-refractivity contribution is 9.10. The molecule has 3 aliphatic rings. The molecule has 3 aliphatic heterocycles. The van der Waals surface area contributed by atoms with Gasteiger partial charge in [-0.05, 0) is 75.0 Å². The molecule has 0 spiro atoms. The van der Waals surface area contributed by atoms with E-state index in [1.165, 1.54) is 17.2 Å². The zero-order valence-corrected chi connectivity index (χ0v) is 33.2. The number of likely N-dealkylation sites (tertiary alicyclic amines) is 1. The number of ether oxygens (including phenoxy) is 2. The molecule has 0 aliphatic carbocycles. The van der Waals surface area contributed by atoms with Gasteiger partial charge in [-0.3, -0.25) is 34.2 Å². The number of pyridine rings is 1. The number of morpholine rings is 1. The van der Waals surface area contributed by atoms with E-state index >= 15 is 0 Å². The van der Waals surface area contributed by atoms with Crippen molar-refractivity contribution in [3.63, 3.8) is 0 Å². The lowest BCUT2D eigenvalue weighted by Gasteiger charge is -2.35. The van der Waals surface area contributed by atoms with Crippen LogP contribution < -0.4 is 16.0 Å². The second kappa shape index (κ2) is 16.1. The molecule has 3 aromatic rings. The highest BCUT2D eigenvalue weighted by atomic mass is 79.9. The average Bonchev–Trinajstić information content (AvgIpc) is 3.70. The van der Waals surface area contributed by atoms with Gasteiger partial charge in [0.2, 0.25) is 5.91 Å². The Morgan fingerprint density at radius 3 is 2.26 bits per heavy atom. The second-order valence-electron chi connectivity index (χ2n) is 14.0. The van der Waals surface area contributed by atoms with E-state index in [1.807, 2.05) is 38.6 Å². The molecule has 16 nitrogen and oxygen atoms in total. The number of amides is 3. The quantitative estimate of drug-likeness (QED) is 0.183. The van der Waals surface area contributed by atoms with Crippen molar-refractivity contribution in [1.82, 2.24) is 24.6 Å². The van der Waals surface area contributed by atoms with E-state index in [1.54, 1.807) is 30.3 Å². The van der Waals surface area contributed by atoms with Crippen molar-refractivity contribution in [3.05, 3.63) is 67.0 Å². The van der Waals surface area contributed by atoms with Gasteiger partial charge in [0.1, 0.15) is 11.7 Å². The highest BCUT2D eigenvalue weighted by Crippen LogP contribution is 2.37. The smallest absolute Gasteiger partial charge is 0.294 e. The first kappa shape index (κ1) is 38.6. The van der Waals surface area contributed by atoms with Gasteiger partial charge in [-0.1, -0.05) is 15.9 Å². The number of nitro groups is 1. The van der Waals surface area contributed by atoms with Gasteiger partial charge in [-0.15, -0.1) is 0 Å². The molecule has 3 saturated heterocycles. The first-order valence-electron chi connectivity index (χ1n) is 17.5. The van der Waals surface area contributed by atoms with Crippen LogP contribution in [0.15, 0.2) is 45.7 Å². The minimum atomic E-state index is -1.01. The predicted octanol–water partition coefficient (Wildman–Crippen LogP) is 5.46. The third-order valence-electron chi connectivity index (χ3n) is 9.68. The third-order valence-corrected chi connectivity index (χ3v) is 10.7. The minimum Gasteiger partial charge on any atom is -0.387 e. The molecule has 2 aromatic heterocycles. The van der Waals surface area contributed by atoms with Gasteiger partial charge in [0.05, 0.1) is 56.7 Å². The number of anilines is 3. The van der Waals surface area contributed by atoms with Gasteiger partial charge < -0.3 is 35.2 Å². The lowest BCUT2D eigenvalue weighted by Crippen LogP contribution is -2.48. The standard InChI is InChI=1S/C35H43Br2N9O7/c1-18-6-26(7-19(2)52-18)45-17-28(37)32(42-45)41-33(47)30-11-25(16-44(30)34(48)22-8-24(38-5)13-39-12-22)40-31-27(9-23(36)10-29(31)46(50)51)35(49)43-14-20(3)53-21(4)15-43/h8-10,12-13,17-21,25-26,30,38,40H,6-7,11,14-16H2,1-5H3,(H,41,42,47)/t18-,19+,20-,21+,25-,26?,30+/m1/s1. The van der Waals surface area contributed by atoms with E-state index in [9.17, 15) is 24.5 Å². The van der Waals surface area contributed by atoms with Crippen molar-refractivity contribution in [2.45, 2.75) is 89.5 Å². The van der Waals surface area contributed by atoms with Gasteiger partial charge in [-0.2, -0.15) is 5.10 Å². The number of benzene rings is 1. The lowest BCUT2D eigenvalue weighted by molar-refractivity contribution is -0.384. The summed E-state index contributed by atoms with van der Waals surface area (Å²) in [5.74, 6) is -1.04. The molecular formula is C35H43Br2N9O7. The summed E-state index contributed by atoms with van der Waals surface area (Å²) in [5.41, 5.74) is 0.644. The van der Waals surface area contributed by atoms with Crippen LogP contribution in [-0.4, -0.2) is 110 Å². The summed E-state index contributed by atoms with van der Waals surface area (Å²) in [6.45, 7) is 8.40. The summed E-state index contributed by atoms with van der Waals surface area (Å²) < 4.78 is 14.5. The number of hydrogen-bond donors (Lipinski definition) is 3. The summed E-state index contributed by atoms with van der Waals surface area (Å²) in [5, 5.41) is 26.2. The van der Waals surface area contributed by atoms with E-state index in [4.69, 9.17) is 14.6 Å². The maximum Gasteiger partial charge on any atom is 0.294 e. The van der Waals surface area contributed by atoms with E-state index in [0.29, 0.717) is 33.5 Å². The maximum absolute atomic E-state index is 14.1. The van der Waals surface area contributed by atoms with Crippen molar-refractivity contribution in [3.8, 4) is 0 Å².